The highest BCUT2D eigenvalue weighted by atomic mass is 16.4. The fourth-order valence-electron chi connectivity index (χ4n) is 9.91. The number of aromatic hydroxyl groups is 2. The number of H-pyrrole nitrogens is 2. The number of phenols is 2. The molecule has 0 saturated heterocycles. The topological polar surface area (TPSA) is 501 Å². The highest BCUT2D eigenvalue weighted by Gasteiger charge is 2.36. The fourth-order valence-corrected chi connectivity index (χ4v) is 9.91. The molecule has 0 saturated carbocycles. The number of carbonyl (C=O) groups excluding carboxylic acids is 10. The molecule has 486 valence electrons. The maximum Gasteiger partial charge on any atom is 0.326 e. The zero-order valence-electron chi connectivity index (χ0n) is 49.9. The van der Waals surface area contributed by atoms with Crippen molar-refractivity contribution in [3.05, 3.63) is 132 Å². The standard InChI is InChI=1S/C62H78N14O15/c1-33(77)54(76-55(83)42(64)10-6-7-25-63)61(89)74-48(28-36-30-67-43-11-4-2-8-40(36)43)56(84)69-32-53(82)70-45(21-23-51(65)80)57(85)72-47(26-34-13-17-38(78)18-14-34)59(87)73-49(29-37-31-68-44-12-5-3-9-41(37)44)60(88)71-46(22-24-52(66)81)58(86)75-50(62(90)91)27-35-15-19-39(79)20-16-35/h2-5,8-9,11-20,30-31,33,42,45-50,54,67-68,77-79H,6-7,10,21-29,32,63-64H2,1H3,(H2,65,80)(H2,66,81)(H,69,84)(H,70,82)(H,71,88)(H,72,85)(H,73,87)(H,74,89)(H,75,86)(H,76,83)(H,90,91)/t33-,42+,45+,46+,47+,48+,49+,50+,54+/m1/s1. The number of fused-ring (bicyclic) bond motifs is 2. The summed E-state index contributed by atoms with van der Waals surface area (Å²) in [6.07, 6.45) is 0.201. The number of amides is 10. The molecule has 29 heteroatoms. The van der Waals surface area contributed by atoms with Crippen molar-refractivity contribution in [1.82, 2.24) is 52.5 Å². The molecular weight excluding hydrogens is 1180 g/mol. The minimum atomic E-state index is -1.65. The van der Waals surface area contributed by atoms with Crippen LogP contribution in [-0.4, -0.2) is 163 Å². The van der Waals surface area contributed by atoms with Crippen molar-refractivity contribution < 1.29 is 73.2 Å². The zero-order chi connectivity index (χ0) is 66.3. The third kappa shape index (κ3) is 21.4. The second-order valence-electron chi connectivity index (χ2n) is 22.0. The van der Waals surface area contributed by atoms with Gasteiger partial charge in [0.15, 0.2) is 0 Å². The van der Waals surface area contributed by atoms with Crippen LogP contribution in [0.25, 0.3) is 21.8 Å². The predicted octanol–water partition coefficient (Wildman–Crippen LogP) is -1.71. The average molecular weight is 1260 g/mol. The molecule has 22 N–H and O–H groups in total. The van der Waals surface area contributed by atoms with E-state index in [-0.39, 0.29) is 43.6 Å². The number of rotatable bonds is 36. The van der Waals surface area contributed by atoms with E-state index in [0.717, 1.165) is 0 Å². The Labute approximate surface area is 522 Å². The molecule has 4 aromatic carbocycles. The van der Waals surface area contributed by atoms with Crippen LogP contribution < -0.4 is 65.5 Å². The number of aromatic amines is 2. The summed E-state index contributed by atoms with van der Waals surface area (Å²) in [5.41, 5.74) is 25.8. The van der Waals surface area contributed by atoms with Crippen LogP contribution in [0.4, 0.5) is 0 Å². The smallest absolute Gasteiger partial charge is 0.326 e. The predicted molar refractivity (Wildman–Crippen MR) is 331 cm³/mol. The first-order chi connectivity index (χ1) is 43.4. The summed E-state index contributed by atoms with van der Waals surface area (Å²) in [6.45, 7) is 0.778. The van der Waals surface area contributed by atoms with E-state index in [4.69, 9.17) is 22.9 Å². The maximum atomic E-state index is 14.9. The minimum Gasteiger partial charge on any atom is -0.508 e. The van der Waals surface area contributed by atoms with Gasteiger partial charge in [-0.25, -0.2) is 4.79 Å². The van der Waals surface area contributed by atoms with Crippen LogP contribution in [0.1, 0.15) is 74.1 Å². The normalized spacial score (nSPS) is 14.2. The number of hydrogen-bond acceptors (Lipinski definition) is 16. The quantitative estimate of drug-likeness (QED) is 0.0195. The highest BCUT2D eigenvalue weighted by molar-refractivity contribution is 5.99. The van der Waals surface area contributed by atoms with Crippen LogP contribution in [0.3, 0.4) is 0 Å². The first-order valence-corrected chi connectivity index (χ1v) is 29.4. The Morgan fingerprint density at radius 1 is 0.484 bits per heavy atom. The molecule has 6 aromatic rings. The number of para-hydroxylation sites is 2. The first kappa shape index (κ1) is 69.7. The summed E-state index contributed by atoms with van der Waals surface area (Å²) in [5.74, 6) is -11.2. The average Bonchev–Trinajstić information content (AvgIpc) is 2.19. The molecule has 0 aliphatic carbocycles. The molecule has 2 heterocycles. The molecule has 0 radical (unpaired) electrons. The van der Waals surface area contributed by atoms with E-state index in [1.165, 1.54) is 55.5 Å². The molecule has 0 spiro atoms. The van der Waals surface area contributed by atoms with Gasteiger partial charge in [-0.05, 0) is 97.8 Å². The van der Waals surface area contributed by atoms with Crippen molar-refractivity contribution in [2.24, 2.45) is 22.9 Å². The van der Waals surface area contributed by atoms with Crippen LogP contribution in [0.5, 0.6) is 11.5 Å². The van der Waals surface area contributed by atoms with Crippen molar-refractivity contribution in [1.29, 1.82) is 0 Å². The van der Waals surface area contributed by atoms with E-state index >= 15 is 0 Å². The maximum absolute atomic E-state index is 14.9. The van der Waals surface area contributed by atoms with Crippen LogP contribution in [0.2, 0.25) is 0 Å². The summed E-state index contributed by atoms with van der Waals surface area (Å²) in [4.78, 5) is 156. The second-order valence-corrected chi connectivity index (χ2v) is 22.0. The van der Waals surface area contributed by atoms with Crippen LogP contribution >= 0.6 is 0 Å². The Bertz CT molecular complexity index is 3540. The van der Waals surface area contributed by atoms with E-state index in [9.17, 15) is 73.2 Å². The van der Waals surface area contributed by atoms with Crippen LogP contribution in [0, 0.1) is 0 Å². The number of primary amides is 2. The molecule has 29 nitrogen and oxygen atoms in total. The number of aliphatic carboxylic acids is 1. The van der Waals surface area contributed by atoms with Gasteiger partial charge in [0.2, 0.25) is 59.1 Å². The number of hydrogen-bond donors (Lipinski definition) is 18. The molecule has 10 amide bonds. The highest BCUT2D eigenvalue weighted by Crippen LogP contribution is 2.22. The third-order valence-corrected chi connectivity index (χ3v) is 14.9. The number of nitrogens with two attached hydrogens (primary N) is 4. The monoisotopic (exact) mass is 1260 g/mol. The van der Waals surface area contributed by atoms with E-state index in [0.29, 0.717) is 63.4 Å². The van der Waals surface area contributed by atoms with Gasteiger partial charge in [-0.15, -0.1) is 0 Å². The lowest BCUT2D eigenvalue weighted by molar-refractivity contribution is -0.142. The Morgan fingerprint density at radius 2 is 0.901 bits per heavy atom. The molecule has 0 unspecified atom stereocenters. The zero-order valence-corrected chi connectivity index (χ0v) is 49.9. The first-order valence-electron chi connectivity index (χ1n) is 29.4. The molecular formula is C62H78N14O15. The van der Waals surface area contributed by atoms with Crippen molar-refractivity contribution >= 4 is 86.8 Å². The Balaban J connectivity index is 1.24. The SMILES string of the molecule is C[C@@H](O)[C@H](NC(=O)[C@@H](N)CCCCN)C(=O)N[C@@H](Cc1c[nH]c2ccccc12)C(=O)NCC(=O)N[C@@H](CCC(N)=O)C(=O)N[C@@H](Cc1ccc(O)cc1)C(=O)N[C@@H](Cc1c[nH]c2ccccc12)C(=O)N[C@@H](CCC(N)=O)C(=O)N[C@@H](Cc1ccc(O)cc1)C(=O)O. The van der Waals surface area contributed by atoms with Gasteiger partial charge in [-0.3, -0.25) is 47.9 Å². The van der Waals surface area contributed by atoms with Gasteiger partial charge >= 0.3 is 5.97 Å². The number of aliphatic hydroxyl groups is 1. The van der Waals surface area contributed by atoms with Crippen molar-refractivity contribution in [3.8, 4) is 11.5 Å². The minimum absolute atomic E-state index is 0.0898. The molecule has 6 rings (SSSR count). The van der Waals surface area contributed by atoms with Gasteiger partial charge < -0.3 is 95.9 Å². The number of nitrogens with one attached hydrogen (secondary N) is 10. The van der Waals surface area contributed by atoms with Crippen LogP contribution in [0.15, 0.2) is 109 Å². The lowest BCUT2D eigenvalue weighted by Gasteiger charge is -2.27. The van der Waals surface area contributed by atoms with Crippen molar-refractivity contribution in [2.75, 3.05) is 13.1 Å². The fraction of sp³-hybridized carbons (Fsp3) is 0.371. The number of benzene rings is 4. The largest absolute Gasteiger partial charge is 0.508 e. The molecule has 2 aromatic heterocycles. The summed E-state index contributed by atoms with van der Waals surface area (Å²) in [5, 5.41) is 62.1. The van der Waals surface area contributed by atoms with Gasteiger partial charge in [0.1, 0.15) is 53.8 Å². The van der Waals surface area contributed by atoms with E-state index in [1.807, 2.05) is 0 Å². The van der Waals surface area contributed by atoms with Gasteiger partial charge in [0.05, 0.1) is 18.7 Å². The molecule has 9 atom stereocenters. The number of unbranched alkanes of at least 4 members (excludes halogenated alkanes) is 1. The molecule has 0 bridgehead atoms. The van der Waals surface area contributed by atoms with Gasteiger partial charge in [-0.1, -0.05) is 67.1 Å². The molecule has 0 aliphatic rings. The summed E-state index contributed by atoms with van der Waals surface area (Å²) >= 11 is 0. The molecule has 0 fully saturated rings. The van der Waals surface area contributed by atoms with Gasteiger partial charge in [-0.2, -0.15) is 0 Å². The summed E-state index contributed by atoms with van der Waals surface area (Å²) in [7, 11) is 0. The van der Waals surface area contributed by atoms with Crippen molar-refractivity contribution in [3.63, 3.8) is 0 Å². The number of phenolic OH excluding ortho intramolecular Hbond substituents is 2. The number of carboxylic acids is 1. The Kier molecular flexibility index (Phi) is 25.9. The van der Waals surface area contributed by atoms with Crippen LogP contribution in [-0.2, 0) is 78.4 Å². The lowest BCUT2D eigenvalue weighted by Crippen LogP contribution is -2.60. The van der Waals surface area contributed by atoms with E-state index in [2.05, 4.69) is 52.5 Å². The van der Waals surface area contributed by atoms with Crippen molar-refractivity contribution in [2.45, 2.75) is 132 Å². The Hall–Kier alpha value is -10.4. The third-order valence-electron chi connectivity index (χ3n) is 14.9. The van der Waals surface area contributed by atoms with E-state index < -0.39 is 152 Å². The lowest BCUT2D eigenvalue weighted by atomic mass is 10.0. The van der Waals surface area contributed by atoms with Gasteiger partial charge in [0.25, 0.3) is 0 Å². The number of aromatic nitrogens is 2. The summed E-state index contributed by atoms with van der Waals surface area (Å²) < 4.78 is 0. The molecule has 0 aliphatic heterocycles. The number of carboxylic acid groups (broad SMARTS) is 1. The van der Waals surface area contributed by atoms with E-state index in [1.54, 1.807) is 60.9 Å². The Morgan fingerprint density at radius 3 is 1.37 bits per heavy atom. The molecule has 91 heavy (non-hydrogen) atoms. The van der Waals surface area contributed by atoms with Gasteiger partial charge in [0, 0.05) is 72.7 Å². The second kappa shape index (κ2) is 33.8. The summed E-state index contributed by atoms with van der Waals surface area (Å²) in [6, 6.07) is 12.9. The number of aliphatic hydroxyl groups excluding tert-OH is 1. The number of carbonyl (C=O) groups is 11.